The normalized spacial score (nSPS) is 16.3. The highest BCUT2D eigenvalue weighted by molar-refractivity contribution is 6.03. The van der Waals surface area contributed by atoms with Crippen LogP contribution >= 0.6 is 0 Å². The van der Waals surface area contributed by atoms with Crippen LogP contribution in [-0.4, -0.2) is 54.5 Å². The van der Waals surface area contributed by atoms with E-state index < -0.39 is 5.97 Å². The van der Waals surface area contributed by atoms with Gasteiger partial charge < -0.3 is 19.0 Å². The number of piperazine rings is 1. The van der Waals surface area contributed by atoms with Crippen LogP contribution in [0.15, 0.2) is 59.3 Å². The summed E-state index contributed by atoms with van der Waals surface area (Å²) < 4.78 is 10.3. The molecule has 7 heteroatoms. The van der Waals surface area contributed by atoms with E-state index in [4.69, 9.17) is 9.15 Å². The Bertz CT molecular complexity index is 1110. The lowest BCUT2D eigenvalue weighted by molar-refractivity contribution is 0.0594. The lowest BCUT2D eigenvalue weighted by Gasteiger charge is -2.41. The van der Waals surface area contributed by atoms with Crippen LogP contribution in [0.3, 0.4) is 0 Å². The van der Waals surface area contributed by atoms with Crippen LogP contribution in [0.1, 0.15) is 33.3 Å². The zero-order valence-corrected chi connectivity index (χ0v) is 17.9. The SMILES string of the molecule is COC(=O)c1ncoc1-c1ccccc1C(=O)N1CCN(c2cccc(C)c2)[C@@H](C)C1. The lowest BCUT2D eigenvalue weighted by atomic mass is 10.0. The number of hydrogen-bond donors (Lipinski definition) is 0. The summed E-state index contributed by atoms with van der Waals surface area (Å²) in [7, 11) is 1.28. The number of amides is 1. The van der Waals surface area contributed by atoms with Crippen LogP contribution in [0.4, 0.5) is 5.69 Å². The number of rotatable bonds is 4. The average molecular weight is 419 g/mol. The van der Waals surface area contributed by atoms with Gasteiger partial charge in [-0.3, -0.25) is 4.79 Å². The quantitative estimate of drug-likeness (QED) is 0.599. The second-order valence-corrected chi connectivity index (χ2v) is 7.70. The van der Waals surface area contributed by atoms with E-state index in [1.54, 1.807) is 24.3 Å². The highest BCUT2D eigenvalue weighted by Gasteiger charge is 2.30. The lowest BCUT2D eigenvalue weighted by Crippen LogP contribution is -2.53. The second kappa shape index (κ2) is 8.63. The summed E-state index contributed by atoms with van der Waals surface area (Å²) >= 11 is 0. The van der Waals surface area contributed by atoms with Gasteiger partial charge in [0.2, 0.25) is 0 Å². The Morgan fingerprint density at radius 3 is 2.68 bits per heavy atom. The molecule has 1 fully saturated rings. The Morgan fingerprint density at radius 2 is 1.94 bits per heavy atom. The van der Waals surface area contributed by atoms with Gasteiger partial charge in [-0.1, -0.05) is 30.3 Å². The van der Waals surface area contributed by atoms with E-state index in [9.17, 15) is 9.59 Å². The topological polar surface area (TPSA) is 75.9 Å². The number of anilines is 1. The van der Waals surface area contributed by atoms with Crippen LogP contribution in [-0.2, 0) is 4.74 Å². The molecule has 0 spiro atoms. The molecule has 1 saturated heterocycles. The number of hydrogen-bond acceptors (Lipinski definition) is 6. The van der Waals surface area contributed by atoms with E-state index in [0.717, 1.165) is 6.54 Å². The number of aromatic nitrogens is 1. The number of carbonyl (C=O) groups excluding carboxylic acids is 2. The molecule has 1 atom stereocenters. The number of esters is 1. The average Bonchev–Trinajstić information content (AvgIpc) is 3.28. The third-order valence-electron chi connectivity index (χ3n) is 5.60. The first-order chi connectivity index (χ1) is 15.0. The van der Waals surface area contributed by atoms with Crippen molar-refractivity contribution in [2.24, 2.45) is 0 Å². The molecule has 0 bridgehead atoms. The van der Waals surface area contributed by atoms with Gasteiger partial charge in [-0.25, -0.2) is 9.78 Å². The maximum atomic E-state index is 13.4. The largest absolute Gasteiger partial charge is 0.464 e. The molecule has 160 valence electrons. The molecular weight excluding hydrogens is 394 g/mol. The fourth-order valence-corrected chi connectivity index (χ4v) is 4.05. The van der Waals surface area contributed by atoms with Crippen molar-refractivity contribution in [1.82, 2.24) is 9.88 Å². The molecule has 0 saturated carbocycles. The van der Waals surface area contributed by atoms with E-state index in [1.165, 1.54) is 24.8 Å². The van der Waals surface area contributed by atoms with Crippen molar-refractivity contribution in [3.8, 4) is 11.3 Å². The van der Waals surface area contributed by atoms with Gasteiger partial charge in [0.05, 0.1) is 12.7 Å². The molecule has 7 nitrogen and oxygen atoms in total. The summed E-state index contributed by atoms with van der Waals surface area (Å²) in [5, 5.41) is 0. The molecule has 1 aliphatic rings. The summed E-state index contributed by atoms with van der Waals surface area (Å²) in [5.74, 6) is -0.466. The van der Waals surface area contributed by atoms with Crippen molar-refractivity contribution < 1.29 is 18.7 Å². The highest BCUT2D eigenvalue weighted by atomic mass is 16.5. The van der Waals surface area contributed by atoms with Gasteiger partial charge in [0.1, 0.15) is 0 Å². The fourth-order valence-electron chi connectivity index (χ4n) is 4.05. The molecule has 1 aromatic heterocycles. The predicted molar refractivity (Wildman–Crippen MR) is 117 cm³/mol. The van der Waals surface area contributed by atoms with E-state index in [2.05, 4.69) is 48.0 Å². The molecule has 4 rings (SSSR count). The molecule has 0 unspecified atom stereocenters. The summed E-state index contributed by atoms with van der Waals surface area (Å²) in [6.07, 6.45) is 1.19. The van der Waals surface area contributed by atoms with Gasteiger partial charge in [0.15, 0.2) is 17.8 Å². The van der Waals surface area contributed by atoms with E-state index in [-0.39, 0.29) is 23.4 Å². The van der Waals surface area contributed by atoms with Crippen LogP contribution in [0.2, 0.25) is 0 Å². The van der Waals surface area contributed by atoms with Crippen molar-refractivity contribution in [2.45, 2.75) is 19.9 Å². The fraction of sp³-hybridized carbons (Fsp3) is 0.292. The second-order valence-electron chi connectivity index (χ2n) is 7.70. The Hall–Kier alpha value is -3.61. The molecule has 2 heterocycles. The van der Waals surface area contributed by atoms with E-state index >= 15 is 0 Å². The Morgan fingerprint density at radius 1 is 1.13 bits per heavy atom. The third kappa shape index (κ3) is 4.03. The number of ether oxygens (including phenoxy) is 1. The summed E-state index contributed by atoms with van der Waals surface area (Å²) in [5.41, 5.74) is 3.44. The van der Waals surface area contributed by atoms with Gasteiger partial charge in [-0.15, -0.1) is 0 Å². The molecule has 0 radical (unpaired) electrons. The minimum atomic E-state index is -0.605. The number of oxazole rings is 1. The first kappa shape index (κ1) is 20.7. The maximum absolute atomic E-state index is 13.4. The van der Waals surface area contributed by atoms with Crippen LogP contribution in [0, 0.1) is 6.92 Å². The van der Waals surface area contributed by atoms with Gasteiger partial charge >= 0.3 is 5.97 Å². The molecule has 0 N–H and O–H groups in total. The van der Waals surface area contributed by atoms with Gasteiger partial charge in [0.25, 0.3) is 5.91 Å². The zero-order chi connectivity index (χ0) is 22.0. The molecule has 31 heavy (non-hydrogen) atoms. The number of benzene rings is 2. The smallest absolute Gasteiger partial charge is 0.360 e. The van der Waals surface area contributed by atoms with Crippen LogP contribution in [0.25, 0.3) is 11.3 Å². The van der Waals surface area contributed by atoms with E-state index in [0.29, 0.717) is 24.2 Å². The molecule has 2 aromatic carbocycles. The minimum absolute atomic E-state index is 0.0559. The number of nitrogens with zero attached hydrogens (tertiary/aromatic N) is 3. The minimum Gasteiger partial charge on any atom is -0.464 e. The van der Waals surface area contributed by atoms with Crippen molar-refractivity contribution >= 4 is 17.6 Å². The first-order valence-electron chi connectivity index (χ1n) is 10.2. The molecular formula is C24H25N3O4. The van der Waals surface area contributed by atoms with Gasteiger partial charge in [0, 0.05) is 36.9 Å². The van der Waals surface area contributed by atoms with Crippen molar-refractivity contribution in [3.05, 3.63) is 71.7 Å². The Labute approximate surface area is 181 Å². The van der Waals surface area contributed by atoms with Gasteiger partial charge in [-0.2, -0.15) is 0 Å². The number of carbonyl (C=O) groups is 2. The Balaban J connectivity index is 1.58. The molecule has 3 aromatic rings. The summed E-state index contributed by atoms with van der Waals surface area (Å²) in [6.45, 7) is 6.15. The predicted octanol–water partition coefficient (Wildman–Crippen LogP) is 3.79. The van der Waals surface area contributed by atoms with Crippen molar-refractivity contribution in [2.75, 3.05) is 31.6 Å². The van der Waals surface area contributed by atoms with Crippen LogP contribution < -0.4 is 4.90 Å². The molecule has 1 aliphatic heterocycles. The first-order valence-corrected chi connectivity index (χ1v) is 10.2. The van der Waals surface area contributed by atoms with Crippen molar-refractivity contribution in [1.29, 1.82) is 0 Å². The number of aryl methyl sites for hydroxylation is 1. The zero-order valence-electron chi connectivity index (χ0n) is 17.9. The highest BCUT2D eigenvalue weighted by Crippen LogP contribution is 2.29. The summed E-state index contributed by atoms with van der Waals surface area (Å²) in [4.78, 5) is 33.6. The maximum Gasteiger partial charge on any atom is 0.360 e. The van der Waals surface area contributed by atoms with Crippen molar-refractivity contribution in [3.63, 3.8) is 0 Å². The standard InChI is InChI=1S/C24H25N3O4/c1-16-7-6-8-18(13-16)27-12-11-26(14-17(27)2)23(28)20-10-5-4-9-19(20)22-21(24(29)30-3)25-15-31-22/h4-10,13,15,17H,11-12,14H2,1-3H3/t17-/m0/s1. The monoisotopic (exact) mass is 419 g/mol. The third-order valence-corrected chi connectivity index (χ3v) is 5.60. The summed E-state index contributed by atoms with van der Waals surface area (Å²) in [6, 6.07) is 15.7. The van der Waals surface area contributed by atoms with E-state index in [1.807, 2.05) is 4.90 Å². The molecule has 1 amide bonds. The van der Waals surface area contributed by atoms with Crippen LogP contribution in [0.5, 0.6) is 0 Å². The molecule has 0 aliphatic carbocycles. The Kier molecular flexibility index (Phi) is 5.75. The van der Waals surface area contributed by atoms with Gasteiger partial charge in [-0.05, 0) is 37.6 Å². The number of methoxy groups -OCH3 is 1.